The Morgan fingerprint density at radius 1 is 1.00 bits per heavy atom. The zero-order chi connectivity index (χ0) is 10.7. The number of halogens is 2. The summed E-state index contributed by atoms with van der Waals surface area (Å²) in [5.74, 6) is 0.892. The molecular formula is C10H6Cl2N2O. The monoisotopic (exact) mass is 240 g/mol. The van der Waals surface area contributed by atoms with E-state index < -0.39 is 0 Å². The Morgan fingerprint density at radius 2 is 1.73 bits per heavy atom. The molecule has 3 nitrogen and oxygen atoms in total. The summed E-state index contributed by atoms with van der Waals surface area (Å²) >= 11 is 11.5. The summed E-state index contributed by atoms with van der Waals surface area (Å²) in [4.78, 5) is 0. The van der Waals surface area contributed by atoms with E-state index in [1.165, 1.54) is 6.07 Å². The lowest BCUT2D eigenvalue weighted by atomic mass is 10.3. The lowest BCUT2D eigenvalue weighted by Gasteiger charge is -2.04. The summed E-state index contributed by atoms with van der Waals surface area (Å²) in [6.07, 6.45) is 0. The Labute approximate surface area is 96.6 Å². The van der Waals surface area contributed by atoms with E-state index in [1.54, 1.807) is 12.1 Å². The maximum Gasteiger partial charge on any atom is 0.257 e. The van der Waals surface area contributed by atoms with Crippen LogP contribution in [-0.2, 0) is 0 Å². The Hall–Kier alpha value is -1.32. The van der Waals surface area contributed by atoms with Crippen LogP contribution < -0.4 is 4.74 Å². The van der Waals surface area contributed by atoms with Crippen molar-refractivity contribution in [2.75, 3.05) is 0 Å². The molecule has 1 heterocycles. The minimum absolute atomic E-state index is 0.236. The topological polar surface area (TPSA) is 35.0 Å². The molecule has 0 unspecified atom stereocenters. The van der Waals surface area contributed by atoms with Crippen LogP contribution in [0.5, 0.6) is 11.6 Å². The molecular weight excluding hydrogens is 235 g/mol. The molecule has 0 amide bonds. The van der Waals surface area contributed by atoms with E-state index in [0.717, 1.165) is 0 Å². The van der Waals surface area contributed by atoms with E-state index in [2.05, 4.69) is 10.2 Å². The van der Waals surface area contributed by atoms with Crippen LogP contribution in [0.4, 0.5) is 0 Å². The van der Waals surface area contributed by atoms with Gasteiger partial charge in [-0.3, -0.25) is 0 Å². The fraction of sp³-hybridized carbons (Fsp3) is 0. The van der Waals surface area contributed by atoms with Gasteiger partial charge < -0.3 is 4.74 Å². The summed E-state index contributed by atoms with van der Waals surface area (Å²) < 4.78 is 5.40. The molecule has 0 aliphatic rings. The zero-order valence-electron chi connectivity index (χ0n) is 7.52. The van der Waals surface area contributed by atoms with Gasteiger partial charge in [0.1, 0.15) is 10.8 Å². The van der Waals surface area contributed by atoms with Gasteiger partial charge in [-0.15, -0.1) is 10.2 Å². The summed E-state index contributed by atoms with van der Waals surface area (Å²) in [5, 5.41) is 7.95. The van der Waals surface area contributed by atoms with Crippen LogP contribution >= 0.6 is 23.2 Å². The molecule has 0 radical (unpaired) electrons. The van der Waals surface area contributed by atoms with Crippen molar-refractivity contribution >= 4 is 23.2 Å². The number of benzene rings is 1. The van der Waals surface area contributed by atoms with Crippen molar-refractivity contribution in [1.82, 2.24) is 10.2 Å². The fourth-order valence-electron chi connectivity index (χ4n) is 1.01. The summed E-state index contributed by atoms with van der Waals surface area (Å²) in [6.45, 7) is 0. The summed E-state index contributed by atoms with van der Waals surface area (Å²) in [6, 6.07) is 10.7. The van der Waals surface area contributed by atoms with Gasteiger partial charge in [-0.05, 0) is 12.1 Å². The maximum absolute atomic E-state index is 5.87. The maximum atomic E-state index is 5.87. The first kappa shape index (κ1) is 10.2. The minimum Gasteiger partial charge on any atom is -0.436 e. The van der Waals surface area contributed by atoms with Crippen LogP contribution in [0.15, 0.2) is 36.4 Å². The van der Waals surface area contributed by atoms with Crippen LogP contribution in [0.2, 0.25) is 10.2 Å². The standard InChI is InChI=1S/C10H6Cl2N2O/c11-8-6-9(12)13-14-10(8)15-7-4-2-1-3-5-7/h1-6H. The van der Waals surface area contributed by atoms with Crippen LogP contribution in [-0.4, -0.2) is 10.2 Å². The smallest absolute Gasteiger partial charge is 0.257 e. The molecule has 1 aromatic heterocycles. The predicted octanol–water partition coefficient (Wildman–Crippen LogP) is 3.58. The third-order valence-corrected chi connectivity index (χ3v) is 2.10. The SMILES string of the molecule is Clc1cc(Cl)c(Oc2ccccc2)nn1. The van der Waals surface area contributed by atoms with Gasteiger partial charge in [0.25, 0.3) is 5.88 Å². The average molecular weight is 241 g/mol. The Kier molecular flexibility index (Phi) is 3.04. The van der Waals surface area contributed by atoms with E-state index >= 15 is 0 Å². The Morgan fingerprint density at radius 3 is 2.40 bits per heavy atom. The number of rotatable bonds is 2. The molecule has 0 saturated carbocycles. The Bertz CT molecular complexity index is 462. The highest BCUT2D eigenvalue weighted by atomic mass is 35.5. The van der Waals surface area contributed by atoms with Crippen LogP contribution in [0.3, 0.4) is 0 Å². The predicted molar refractivity (Wildman–Crippen MR) is 58.6 cm³/mol. The first-order valence-corrected chi connectivity index (χ1v) is 4.93. The zero-order valence-corrected chi connectivity index (χ0v) is 9.03. The molecule has 76 valence electrons. The second kappa shape index (κ2) is 4.47. The lowest BCUT2D eigenvalue weighted by Crippen LogP contribution is -1.91. The average Bonchev–Trinajstić information content (AvgIpc) is 2.24. The van der Waals surface area contributed by atoms with Crippen molar-refractivity contribution in [3.8, 4) is 11.6 Å². The molecule has 2 rings (SSSR count). The molecule has 0 N–H and O–H groups in total. The number of para-hydroxylation sites is 1. The Balaban J connectivity index is 2.25. The number of nitrogens with zero attached hydrogens (tertiary/aromatic N) is 2. The van der Waals surface area contributed by atoms with Gasteiger partial charge in [0.05, 0.1) is 0 Å². The molecule has 2 aromatic rings. The van der Waals surface area contributed by atoms with Crippen molar-refractivity contribution in [3.05, 3.63) is 46.6 Å². The highest BCUT2D eigenvalue weighted by Crippen LogP contribution is 2.27. The van der Waals surface area contributed by atoms with Crippen molar-refractivity contribution in [3.63, 3.8) is 0 Å². The van der Waals surface area contributed by atoms with Gasteiger partial charge in [0.15, 0.2) is 5.15 Å². The van der Waals surface area contributed by atoms with E-state index in [4.69, 9.17) is 27.9 Å². The van der Waals surface area contributed by atoms with Crippen LogP contribution in [0.1, 0.15) is 0 Å². The molecule has 0 saturated heterocycles. The van der Waals surface area contributed by atoms with Crippen molar-refractivity contribution in [1.29, 1.82) is 0 Å². The highest BCUT2D eigenvalue weighted by molar-refractivity contribution is 6.34. The number of hydrogen-bond donors (Lipinski definition) is 0. The molecule has 0 fully saturated rings. The van der Waals surface area contributed by atoms with Crippen molar-refractivity contribution in [2.24, 2.45) is 0 Å². The van der Waals surface area contributed by atoms with Gasteiger partial charge in [-0.1, -0.05) is 41.4 Å². The second-order valence-corrected chi connectivity index (χ2v) is 3.53. The third-order valence-electron chi connectivity index (χ3n) is 1.64. The molecule has 1 aromatic carbocycles. The van der Waals surface area contributed by atoms with E-state index in [9.17, 15) is 0 Å². The van der Waals surface area contributed by atoms with Gasteiger partial charge in [0.2, 0.25) is 0 Å². The summed E-state index contributed by atoms with van der Waals surface area (Å²) in [7, 11) is 0. The third kappa shape index (κ3) is 2.58. The van der Waals surface area contributed by atoms with Gasteiger partial charge >= 0.3 is 0 Å². The fourth-order valence-corrected chi connectivity index (χ4v) is 1.39. The van der Waals surface area contributed by atoms with E-state index in [0.29, 0.717) is 10.8 Å². The quantitative estimate of drug-likeness (QED) is 0.805. The van der Waals surface area contributed by atoms with Gasteiger partial charge in [-0.25, -0.2) is 0 Å². The molecule has 0 aliphatic carbocycles. The van der Waals surface area contributed by atoms with Gasteiger partial charge in [0, 0.05) is 6.07 Å². The number of ether oxygens (including phenoxy) is 1. The van der Waals surface area contributed by atoms with Crippen molar-refractivity contribution < 1.29 is 4.74 Å². The first-order chi connectivity index (χ1) is 7.25. The molecule has 0 aliphatic heterocycles. The molecule has 15 heavy (non-hydrogen) atoms. The van der Waals surface area contributed by atoms with Gasteiger partial charge in [-0.2, -0.15) is 0 Å². The van der Waals surface area contributed by atoms with E-state index in [1.807, 2.05) is 18.2 Å². The lowest BCUT2D eigenvalue weighted by molar-refractivity contribution is 0.455. The largest absolute Gasteiger partial charge is 0.436 e. The number of hydrogen-bond acceptors (Lipinski definition) is 3. The number of aromatic nitrogens is 2. The normalized spacial score (nSPS) is 10.0. The molecule has 5 heteroatoms. The second-order valence-electron chi connectivity index (χ2n) is 2.74. The molecule has 0 spiro atoms. The first-order valence-electron chi connectivity index (χ1n) is 4.17. The molecule has 0 atom stereocenters. The molecule has 0 bridgehead atoms. The van der Waals surface area contributed by atoms with E-state index in [-0.39, 0.29) is 11.0 Å². The minimum atomic E-state index is 0.236. The summed E-state index contributed by atoms with van der Waals surface area (Å²) in [5.41, 5.74) is 0. The van der Waals surface area contributed by atoms with Crippen LogP contribution in [0.25, 0.3) is 0 Å². The van der Waals surface area contributed by atoms with Crippen LogP contribution in [0, 0.1) is 0 Å². The van der Waals surface area contributed by atoms with Crippen molar-refractivity contribution in [2.45, 2.75) is 0 Å². The highest BCUT2D eigenvalue weighted by Gasteiger charge is 2.06.